The number of benzene rings is 2. The minimum Gasteiger partial charge on any atom is -0.507 e. The van der Waals surface area contributed by atoms with E-state index in [-0.39, 0.29) is 17.4 Å². The van der Waals surface area contributed by atoms with Gasteiger partial charge in [-0.3, -0.25) is 4.79 Å². The molecule has 2 N–H and O–H groups in total. The van der Waals surface area contributed by atoms with Gasteiger partial charge in [-0.05, 0) is 84.8 Å². The number of thioether (sulfide) groups is 1. The molecule has 0 saturated heterocycles. The number of rotatable bonds is 6. The number of hydrogen-bond donors (Lipinski definition) is 2. The lowest BCUT2D eigenvalue weighted by atomic mass is 10.1. The number of phenols is 1. The van der Waals surface area contributed by atoms with Crippen LogP contribution in [0.5, 0.6) is 5.75 Å². The topological polar surface area (TPSA) is 80.0 Å². The fraction of sp³-hybridized carbons (Fsp3) is 0.250. The maximum atomic E-state index is 12.5. The van der Waals surface area contributed by atoms with Crippen molar-refractivity contribution in [3.8, 4) is 17.1 Å². The average molecular weight is 587 g/mol. The van der Waals surface area contributed by atoms with Crippen molar-refractivity contribution in [2.24, 2.45) is 0 Å². The lowest BCUT2D eigenvalue weighted by Crippen LogP contribution is -2.16. The number of hydrogen-bond acceptors (Lipinski definition) is 5. The van der Waals surface area contributed by atoms with Crippen molar-refractivity contribution in [3.05, 3.63) is 49.5 Å². The van der Waals surface area contributed by atoms with E-state index in [1.54, 1.807) is 18.2 Å². The Balaban J connectivity index is 1.75. The molecule has 3 rings (SSSR count). The second kappa shape index (κ2) is 9.48. The van der Waals surface area contributed by atoms with Gasteiger partial charge in [0.15, 0.2) is 11.0 Å². The standard InChI is InChI=1S/C20H20BrIN4O2S/c1-4-26-19(15-9-13(21)5-6-16(15)27)24-25-20(26)29-10-17(28)23-18-11(2)7-14(22)8-12(18)3/h5-9,27H,4,10H2,1-3H3,(H,23,28). The third kappa shape index (κ3) is 5.13. The third-order valence-corrected chi connectivity index (χ3v) is 6.41. The molecule has 1 amide bonds. The second-order valence-corrected chi connectivity index (χ2v) is 9.57. The van der Waals surface area contributed by atoms with E-state index in [1.165, 1.54) is 11.8 Å². The van der Waals surface area contributed by atoms with E-state index in [9.17, 15) is 9.90 Å². The number of halogens is 2. The zero-order valence-corrected chi connectivity index (χ0v) is 20.7. The summed E-state index contributed by atoms with van der Waals surface area (Å²) in [6, 6.07) is 9.26. The molecule has 0 atom stereocenters. The maximum absolute atomic E-state index is 12.5. The summed E-state index contributed by atoms with van der Waals surface area (Å²) >= 11 is 7.01. The monoisotopic (exact) mass is 586 g/mol. The summed E-state index contributed by atoms with van der Waals surface area (Å²) in [4.78, 5) is 12.5. The Hall–Kier alpha value is -1.59. The van der Waals surface area contributed by atoms with Crippen molar-refractivity contribution in [1.29, 1.82) is 0 Å². The predicted molar refractivity (Wildman–Crippen MR) is 128 cm³/mol. The molecule has 0 radical (unpaired) electrons. The van der Waals surface area contributed by atoms with Gasteiger partial charge in [-0.2, -0.15) is 0 Å². The predicted octanol–water partition coefficient (Wildman–Crippen LogP) is 5.39. The van der Waals surface area contributed by atoms with E-state index in [0.717, 1.165) is 24.9 Å². The zero-order chi connectivity index (χ0) is 21.1. The van der Waals surface area contributed by atoms with Gasteiger partial charge < -0.3 is 15.0 Å². The molecular weight excluding hydrogens is 567 g/mol. The van der Waals surface area contributed by atoms with Crippen molar-refractivity contribution in [3.63, 3.8) is 0 Å². The zero-order valence-electron chi connectivity index (χ0n) is 16.2. The number of aromatic nitrogens is 3. The summed E-state index contributed by atoms with van der Waals surface area (Å²) in [6.45, 7) is 6.57. The van der Waals surface area contributed by atoms with E-state index in [2.05, 4.69) is 54.0 Å². The fourth-order valence-electron chi connectivity index (χ4n) is 2.98. The van der Waals surface area contributed by atoms with Crippen molar-refractivity contribution in [2.45, 2.75) is 32.5 Å². The number of phenolic OH excluding ortho intramolecular Hbond substituents is 1. The molecule has 0 spiro atoms. The van der Waals surface area contributed by atoms with Gasteiger partial charge in [-0.25, -0.2) is 0 Å². The number of anilines is 1. The van der Waals surface area contributed by atoms with Crippen LogP contribution in [-0.2, 0) is 11.3 Å². The van der Waals surface area contributed by atoms with Crippen LogP contribution in [0.1, 0.15) is 18.1 Å². The Morgan fingerprint density at radius 1 is 1.24 bits per heavy atom. The number of nitrogens with one attached hydrogen (secondary N) is 1. The van der Waals surface area contributed by atoms with Crippen LogP contribution in [0.15, 0.2) is 40.0 Å². The number of nitrogens with zero attached hydrogens (tertiary/aromatic N) is 3. The molecule has 0 aliphatic rings. The van der Waals surface area contributed by atoms with Crippen LogP contribution in [0.25, 0.3) is 11.4 Å². The molecule has 9 heteroatoms. The Morgan fingerprint density at radius 3 is 2.59 bits per heavy atom. The van der Waals surface area contributed by atoms with Gasteiger partial charge in [0.2, 0.25) is 5.91 Å². The number of amides is 1. The molecule has 0 aliphatic carbocycles. The quantitative estimate of drug-likeness (QED) is 0.299. The maximum Gasteiger partial charge on any atom is 0.234 e. The molecule has 3 aromatic rings. The van der Waals surface area contributed by atoms with Crippen LogP contribution >= 0.6 is 50.3 Å². The molecule has 1 aromatic heterocycles. The highest BCUT2D eigenvalue weighted by Gasteiger charge is 2.18. The van der Waals surface area contributed by atoms with Crippen LogP contribution in [-0.4, -0.2) is 31.5 Å². The first-order valence-corrected chi connectivity index (χ1v) is 11.8. The summed E-state index contributed by atoms with van der Waals surface area (Å²) in [5.41, 5.74) is 3.52. The summed E-state index contributed by atoms with van der Waals surface area (Å²) < 4.78 is 3.87. The van der Waals surface area contributed by atoms with Crippen molar-refractivity contribution in [1.82, 2.24) is 14.8 Å². The van der Waals surface area contributed by atoms with Gasteiger partial charge in [0.05, 0.1) is 11.3 Å². The molecule has 29 heavy (non-hydrogen) atoms. The van der Waals surface area contributed by atoms with E-state index in [4.69, 9.17) is 0 Å². The highest BCUT2D eigenvalue weighted by molar-refractivity contribution is 14.1. The van der Waals surface area contributed by atoms with E-state index >= 15 is 0 Å². The molecule has 0 aliphatic heterocycles. The summed E-state index contributed by atoms with van der Waals surface area (Å²) in [5.74, 6) is 0.820. The largest absolute Gasteiger partial charge is 0.507 e. The number of carbonyl (C=O) groups is 1. The van der Waals surface area contributed by atoms with E-state index in [0.29, 0.717) is 23.1 Å². The molecule has 1 heterocycles. The molecule has 0 saturated carbocycles. The fourth-order valence-corrected chi connectivity index (χ4v) is 5.08. The minimum absolute atomic E-state index is 0.0973. The van der Waals surface area contributed by atoms with Crippen molar-refractivity contribution in [2.75, 3.05) is 11.1 Å². The molecule has 152 valence electrons. The minimum atomic E-state index is -0.0973. The lowest BCUT2D eigenvalue weighted by Gasteiger charge is -2.12. The molecule has 2 aromatic carbocycles. The molecular formula is C20H20BrIN4O2S. The Labute approximate surface area is 195 Å². The Bertz CT molecular complexity index is 1050. The van der Waals surface area contributed by atoms with Crippen molar-refractivity contribution < 1.29 is 9.90 Å². The van der Waals surface area contributed by atoms with Gasteiger partial charge in [-0.1, -0.05) is 27.7 Å². The second-order valence-electron chi connectivity index (χ2n) is 6.46. The average Bonchev–Trinajstić information content (AvgIpc) is 3.07. The van der Waals surface area contributed by atoms with Crippen LogP contribution in [0.3, 0.4) is 0 Å². The van der Waals surface area contributed by atoms with Gasteiger partial charge in [0.1, 0.15) is 5.75 Å². The van der Waals surface area contributed by atoms with Crippen molar-refractivity contribution >= 4 is 61.9 Å². The molecule has 6 nitrogen and oxygen atoms in total. The number of carbonyl (C=O) groups excluding carboxylic acids is 1. The van der Waals surface area contributed by atoms with Gasteiger partial charge in [-0.15, -0.1) is 10.2 Å². The van der Waals surface area contributed by atoms with E-state index in [1.807, 2.05) is 37.5 Å². The van der Waals surface area contributed by atoms with Crippen LogP contribution < -0.4 is 5.32 Å². The van der Waals surface area contributed by atoms with Gasteiger partial charge in [0, 0.05) is 20.3 Å². The highest BCUT2D eigenvalue weighted by Crippen LogP contribution is 2.32. The normalized spacial score (nSPS) is 10.9. The summed E-state index contributed by atoms with van der Waals surface area (Å²) in [6.07, 6.45) is 0. The van der Waals surface area contributed by atoms with Gasteiger partial charge >= 0.3 is 0 Å². The van der Waals surface area contributed by atoms with Gasteiger partial charge in [0.25, 0.3) is 0 Å². The first-order valence-electron chi connectivity index (χ1n) is 8.91. The molecule has 0 unspecified atom stereocenters. The van der Waals surface area contributed by atoms with Crippen LogP contribution in [0.4, 0.5) is 5.69 Å². The Morgan fingerprint density at radius 2 is 1.93 bits per heavy atom. The first-order chi connectivity index (χ1) is 13.8. The Kier molecular flexibility index (Phi) is 7.23. The third-order valence-electron chi connectivity index (χ3n) is 4.33. The SMILES string of the molecule is CCn1c(SCC(=O)Nc2c(C)cc(I)cc2C)nnc1-c1cc(Br)ccc1O. The number of aryl methyl sites for hydroxylation is 2. The number of aromatic hydroxyl groups is 1. The molecule has 0 bridgehead atoms. The smallest absolute Gasteiger partial charge is 0.234 e. The summed E-state index contributed by atoms with van der Waals surface area (Å²) in [7, 11) is 0. The van der Waals surface area contributed by atoms with Crippen LogP contribution in [0, 0.1) is 17.4 Å². The lowest BCUT2D eigenvalue weighted by molar-refractivity contribution is -0.113. The highest BCUT2D eigenvalue weighted by atomic mass is 127. The molecule has 0 fully saturated rings. The van der Waals surface area contributed by atoms with Crippen LogP contribution in [0.2, 0.25) is 0 Å². The van der Waals surface area contributed by atoms with E-state index < -0.39 is 0 Å². The first kappa shape index (κ1) is 22.1. The summed E-state index contributed by atoms with van der Waals surface area (Å²) in [5, 5.41) is 22.3.